The van der Waals surface area contributed by atoms with Gasteiger partial charge in [-0.25, -0.2) is 0 Å². The SMILES string of the molecule is COCCNC(=O)C(C)NC1=NCCCCC1. The van der Waals surface area contributed by atoms with Gasteiger partial charge >= 0.3 is 0 Å². The second-order valence-electron chi connectivity index (χ2n) is 4.29. The molecular weight excluding hydrogens is 218 g/mol. The van der Waals surface area contributed by atoms with Gasteiger partial charge in [0, 0.05) is 26.6 Å². The smallest absolute Gasteiger partial charge is 0.242 e. The molecule has 17 heavy (non-hydrogen) atoms. The first kappa shape index (κ1) is 14.0. The molecule has 5 heteroatoms. The van der Waals surface area contributed by atoms with E-state index in [0.717, 1.165) is 31.6 Å². The number of carbonyl (C=O) groups excluding carboxylic acids is 1. The predicted octanol–water partition coefficient (Wildman–Crippen LogP) is 0.700. The molecule has 0 radical (unpaired) electrons. The van der Waals surface area contributed by atoms with Crippen molar-refractivity contribution in [2.24, 2.45) is 4.99 Å². The summed E-state index contributed by atoms with van der Waals surface area (Å²) in [6.07, 6.45) is 4.49. The van der Waals surface area contributed by atoms with Crippen molar-refractivity contribution in [1.29, 1.82) is 0 Å². The highest BCUT2D eigenvalue weighted by atomic mass is 16.5. The highest BCUT2D eigenvalue weighted by Crippen LogP contribution is 2.06. The normalized spacial score (nSPS) is 17.9. The Bertz CT molecular complexity index is 266. The summed E-state index contributed by atoms with van der Waals surface area (Å²) in [5.74, 6) is 0.964. The quantitative estimate of drug-likeness (QED) is 0.696. The van der Waals surface area contributed by atoms with Crippen molar-refractivity contribution in [3.05, 3.63) is 0 Å². The first-order chi connectivity index (χ1) is 8.24. The second kappa shape index (κ2) is 8.06. The van der Waals surface area contributed by atoms with Gasteiger partial charge in [-0.15, -0.1) is 0 Å². The Morgan fingerprint density at radius 1 is 1.47 bits per heavy atom. The molecule has 1 amide bonds. The summed E-state index contributed by atoms with van der Waals surface area (Å²) in [5, 5.41) is 5.99. The molecule has 1 unspecified atom stereocenters. The van der Waals surface area contributed by atoms with Gasteiger partial charge in [0.1, 0.15) is 6.04 Å². The van der Waals surface area contributed by atoms with Crippen LogP contribution >= 0.6 is 0 Å². The molecule has 2 N–H and O–H groups in total. The minimum atomic E-state index is -0.233. The average Bonchev–Trinajstić information content (AvgIpc) is 2.57. The third kappa shape index (κ3) is 5.68. The Morgan fingerprint density at radius 2 is 2.29 bits per heavy atom. The molecule has 98 valence electrons. The van der Waals surface area contributed by atoms with E-state index in [0.29, 0.717) is 13.2 Å². The van der Waals surface area contributed by atoms with Crippen LogP contribution in [0.1, 0.15) is 32.6 Å². The number of rotatable bonds is 5. The monoisotopic (exact) mass is 241 g/mol. The summed E-state index contributed by atoms with van der Waals surface area (Å²) >= 11 is 0. The molecule has 1 aliphatic heterocycles. The number of methoxy groups -OCH3 is 1. The lowest BCUT2D eigenvalue weighted by atomic mass is 10.2. The van der Waals surface area contributed by atoms with Crippen molar-refractivity contribution in [1.82, 2.24) is 10.6 Å². The lowest BCUT2D eigenvalue weighted by molar-refractivity contribution is -0.122. The zero-order chi connectivity index (χ0) is 12.5. The van der Waals surface area contributed by atoms with Gasteiger partial charge in [-0.05, 0) is 19.8 Å². The summed E-state index contributed by atoms with van der Waals surface area (Å²) in [5.41, 5.74) is 0. The molecule has 0 saturated carbocycles. The molecule has 0 aliphatic carbocycles. The molecule has 0 aromatic heterocycles. The van der Waals surface area contributed by atoms with Crippen LogP contribution < -0.4 is 10.6 Å². The standard InChI is InChI=1S/C12H23N3O2/c1-10(12(16)14-8-9-17-2)15-11-6-4-3-5-7-13-11/h10H,3-9H2,1-2H3,(H,13,15)(H,14,16). The minimum Gasteiger partial charge on any atom is -0.383 e. The van der Waals surface area contributed by atoms with Crippen molar-refractivity contribution in [2.45, 2.75) is 38.6 Å². The van der Waals surface area contributed by atoms with Crippen molar-refractivity contribution in [3.8, 4) is 0 Å². The minimum absolute atomic E-state index is 0.00556. The fraction of sp³-hybridized carbons (Fsp3) is 0.833. The van der Waals surface area contributed by atoms with E-state index >= 15 is 0 Å². The highest BCUT2D eigenvalue weighted by molar-refractivity contribution is 5.89. The summed E-state index contributed by atoms with van der Waals surface area (Å²) < 4.78 is 4.88. The van der Waals surface area contributed by atoms with Crippen LogP contribution in [0.5, 0.6) is 0 Å². The van der Waals surface area contributed by atoms with E-state index in [1.807, 2.05) is 6.92 Å². The molecule has 0 spiro atoms. The van der Waals surface area contributed by atoms with Crippen LogP contribution in [0.15, 0.2) is 4.99 Å². The van der Waals surface area contributed by atoms with Crippen LogP contribution in [0.4, 0.5) is 0 Å². The van der Waals surface area contributed by atoms with Gasteiger partial charge < -0.3 is 15.4 Å². The van der Waals surface area contributed by atoms with E-state index < -0.39 is 0 Å². The Labute approximate surface area is 103 Å². The molecule has 1 rings (SSSR count). The van der Waals surface area contributed by atoms with Gasteiger partial charge in [0.05, 0.1) is 12.4 Å². The lowest BCUT2D eigenvalue weighted by Crippen LogP contribution is -2.45. The van der Waals surface area contributed by atoms with Crippen LogP contribution in [0, 0.1) is 0 Å². The fourth-order valence-corrected chi connectivity index (χ4v) is 1.74. The number of ether oxygens (including phenoxy) is 1. The highest BCUT2D eigenvalue weighted by Gasteiger charge is 2.14. The van der Waals surface area contributed by atoms with E-state index in [4.69, 9.17) is 4.74 Å². The van der Waals surface area contributed by atoms with Gasteiger partial charge in [-0.2, -0.15) is 0 Å². The number of hydrogen-bond donors (Lipinski definition) is 2. The van der Waals surface area contributed by atoms with Crippen LogP contribution in [0.25, 0.3) is 0 Å². The summed E-state index contributed by atoms with van der Waals surface area (Å²) in [4.78, 5) is 16.1. The summed E-state index contributed by atoms with van der Waals surface area (Å²) in [6.45, 7) is 3.82. The molecule has 1 aliphatic rings. The molecule has 1 atom stereocenters. The zero-order valence-electron chi connectivity index (χ0n) is 10.8. The zero-order valence-corrected chi connectivity index (χ0v) is 10.8. The van der Waals surface area contributed by atoms with Crippen molar-refractivity contribution >= 4 is 11.7 Å². The number of nitrogens with zero attached hydrogens (tertiary/aromatic N) is 1. The van der Waals surface area contributed by atoms with Crippen molar-refractivity contribution in [2.75, 3.05) is 26.8 Å². The van der Waals surface area contributed by atoms with E-state index in [1.54, 1.807) is 7.11 Å². The lowest BCUT2D eigenvalue weighted by Gasteiger charge is -2.16. The number of amidine groups is 1. The first-order valence-corrected chi connectivity index (χ1v) is 6.30. The number of nitrogens with one attached hydrogen (secondary N) is 2. The second-order valence-corrected chi connectivity index (χ2v) is 4.29. The summed E-state index contributed by atoms with van der Waals surface area (Å²) in [6, 6.07) is -0.233. The Balaban J connectivity index is 2.28. The maximum Gasteiger partial charge on any atom is 0.242 e. The molecule has 0 saturated heterocycles. The van der Waals surface area contributed by atoms with Crippen molar-refractivity contribution in [3.63, 3.8) is 0 Å². The maximum absolute atomic E-state index is 11.7. The van der Waals surface area contributed by atoms with Crippen LogP contribution in [-0.2, 0) is 9.53 Å². The van der Waals surface area contributed by atoms with Gasteiger partial charge in [0.15, 0.2) is 0 Å². The third-order valence-corrected chi connectivity index (χ3v) is 2.76. The van der Waals surface area contributed by atoms with Gasteiger partial charge in [0.25, 0.3) is 0 Å². The molecular formula is C12H23N3O2. The molecule has 0 fully saturated rings. The first-order valence-electron chi connectivity index (χ1n) is 6.30. The van der Waals surface area contributed by atoms with E-state index in [2.05, 4.69) is 15.6 Å². The number of hydrogen-bond acceptors (Lipinski definition) is 4. The number of aliphatic imine (C=N–C) groups is 1. The fourth-order valence-electron chi connectivity index (χ4n) is 1.74. The van der Waals surface area contributed by atoms with Crippen molar-refractivity contribution < 1.29 is 9.53 Å². The van der Waals surface area contributed by atoms with Crippen LogP contribution in [-0.4, -0.2) is 44.6 Å². The number of carbonyl (C=O) groups is 1. The van der Waals surface area contributed by atoms with E-state index in [-0.39, 0.29) is 11.9 Å². The van der Waals surface area contributed by atoms with Crippen LogP contribution in [0.2, 0.25) is 0 Å². The largest absolute Gasteiger partial charge is 0.383 e. The van der Waals surface area contributed by atoms with Crippen LogP contribution in [0.3, 0.4) is 0 Å². The van der Waals surface area contributed by atoms with E-state index in [1.165, 1.54) is 6.42 Å². The topological polar surface area (TPSA) is 62.7 Å². The molecule has 0 aromatic rings. The molecule has 5 nitrogen and oxygen atoms in total. The average molecular weight is 241 g/mol. The van der Waals surface area contributed by atoms with E-state index in [9.17, 15) is 4.79 Å². The molecule has 1 heterocycles. The van der Waals surface area contributed by atoms with Gasteiger partial charge in [-0.1, -0.05) is 6.42 Å². The summed E-state index contributed by atoms with van der Waals surface area (Å²) in [7, 11) is 1.62. The van der Waals surface area contributed by atoms with Gasteiger partial charge in [-0.3, -0.25) is 9.79 Å². The Morgan fingerprint density at radius 3 is 3.06 bits per heavy atom. The van der Waals surface area contributed by atoms with Gasteiger partial charge in [0.2, 0.25) is 5.91 Å². The maximum atomic E-state index is 11.7. The molecule has 0 bridgehead atoms. The third-order valence-electron chi connectivity index (χ3n) is 2.76. The Kier molecular flexibility index (Phi) is 6.62. The Hall–Kier alpha value is -1.10. The molecule has 0 aromatic carbocycles. The predicted molar refractivity (Wildman–Crippen MR) is 68.3 cm³/mol. The number of amides is 1.